The van der Waals surface area contributed by atoms with Crippen molar-refractivity contribution >= 4 is 23.7 Å². The van der Waals surface area contributed by atoms with E-state index in [1.165, 1.54) is 64.9 Å². The van der Waals surface area contributed by atoms with Gasteiger partial charge in [0.2, 0.25) is 0 Å². The molecule has 0 radical (unpaired) electrons. The van der Waals surface area contributed by atoms with E-state index in [1.807, 2.05) is 24.3 Å². The van der Waals surface area contributed by atoms with Crippen LogP contribution in [0.1, 0.15) is 87.5 Å². The van der Waals surface area contributed by atoms with Gasteiger partial charge in [0, 0.05) is 0 Å². The van der Waals surface area contributed by atoms with Gasteiger partial charge in [-0.3, -0.25) is 9.59 Å². The van der Waals surface area contributed by atoms with Gasteiger partial charge in [0.1, 0.15) is 5.25 Å². The average molecular weight is 409 g/mol. The van der Waals surface area contributed by atoms with Crippen molar-refractivity contribution in [1.29, 1.82) is 0 Å². The summed E-state index contributed by atoms with van der Waals surface area (Å²) < 4.78 is 4.63. The highest BCUT2D eigenvalue weighted by atomic mass is 32.2. The molecule has 28 heavy (non-hydrogen) atoms. The zero-order chi connectivity index (χ0) is 20.6. The molecule has 0 spiro atoms. The third-order valence-electron chi connectivity index (χ3n) is 4.96. The third kappa shape index (κ3) is 10.2. The van der Waals surface area contributed by atoms with Gasteiger partial charge in [0.15, 0.2) is 0 Å². The number of carbonyl (C=O) groups is 2. The second-order valence-electron chi connectivity index (χ2n) is 7.24. The predicted molar refractivity (Wildman–Crippen MR) is 117 cm³/mol. The highest BCUT2D eigenvalue weighted by Crippen LogP contribution is 2.32. The number of methoxy groups -OCH3 is 1. The van der Waals surface area contributed by atoms with Crippen LogP contribution in [0.15, 0.2) is 24.3 Å². The molecule has 0 amide bonds. The predicted octanol–water partition coefficient (Wildman–Crippen LogP) is 6.18. The van der Waals surface area contributed by atoms with Gasteiger partial charge in [-0.2, -0.15) is 0 Å². The van der Waals surface area contributed by atoms with Crippen LogP contribution in [0.2, 0.25) is 0 Å². The van der Waals surface area contributed by atoms with Gasteiger partial charge < -0.3 is 9.84 Å². The summed E-state index contributed by atoms with van der Waals surface area (Å²) in [6.45, 7) is 2.24. The molecule has 0 heterocycles. The number of unbranched alkanes of at least 4 members (excludes halogenated alkanes) is 9. The molecule has 0 bridgehead atoms. The minimum atomic E-state index is -0.913. The summed E-state index contributed by atoms with van der Waals surface area (Å²) in [5.41, 5.74) is 1.88. The summed E-state index contributed by atoms with van der Waals surface area (Å²) in [5.74, 6) is -1.27. The zero-order valence-electron chi connectivity index (χ0n) is 17.5. The fourth-order valence-electron chi connectivity index (χ4n) is 3.32. The van der Waals surface area contributed by atoms with Crippen molar-refractivity contribution in [2.24, 2.45) is 0 Å². The summed E-state index contributed by atoms with van der Waals surface area (Å²) in [5, 5.41) is 8.87. The van der Waals surface area contributed by atoms with E-state index in [0.29, 0.717) is 0 Å². The second kappa shape index (κ2) is 15.4. The lowest BCUT2D eigenvalue weighted by molar-refractivity contribution is -0.137. The lowest BCUT2D eigenvalue weighted by Crippen LogP contribution is -2.14. The second-order valence-corrected chi connectivity index (χ2v) is 8.33. The van der Waals surface area contributed by atoms with E-state index in [2.05, 4.69) is 11.7 Å². The summed E-state index contributed by atoms with van der Waals surface area (Å²) >= 11 is 1.11. The number of ether oxygens (including phenoxy) is 1. The van der Waals surface area contributed by atoms with Gasteiger partial charge in [-0.1, -0.05) is 89.0 Å². The van der Waals surface area contributed by atoms with Gasteiger partial charge in [-0.25, -0.2) is 0 Å². The van der Waals surface area contributed by atoms with Crippen LogP contribution in [0.3, 0.4) is 0 Å². The Morgan fingerprint density at radius 1 is 0.964 bits per heavy atom. The SMILES string of the molecule is CCCCCCCCCCCCc1ccccc1C(SCC(=O)OC)C(=O)O. The van der Waals surface area contributed by atoms with Crippen LogP contribution in [0.4, 0.5) is 0 Å². The largest absolute Gasteiger partial charge is 0.480 e. The van der Waals surface area contributed by atoms with E-state index in [-0.39, 0.29) is 5.75 Å². The first-order valence-corrected chi connectivity index (χ1v) is 11.6. The third-order valence-corrected chi connectivity index (χ3v) is 6.15. The number of carbonyl (C=O) groups excluding carboxylic acids is 1. The van der Waals surface area contributed by atoms with Crippen LogP contribution < -0.4 is 0 Å². The summed E-state index contributed by atoms with van der Waals surface area (Å²) in [7, 11) is 1.32. The highest BCUT2D eigenvalue weighted by Gasteiger charge is 2.24. The van der Waals surface area contributed by atoms with E-state index in [1.54, 1.807) is 0 Å². The molecule has 4 nitrogen and oxygen atoms in total. The van der Waals surface area contributed by atoms with Crippen LogP contribution in [0.25, 0.3) is 0 Å². The Labute approximate surface area is 174 Å². The summed E-state index contributed by atoms with van der Waals surface area (Å²) in [6.07, 6.45) is 13.7. The number of esters is 1. The molecule has 0 aliphatic heterocycles. The van der Waals surface area contributed by atoms with E-state index < -0.39 is 17.2 Å². The number of carboxylic acid groups (broad SMARTS) is 1. The van der Waals surface area contributed by atoms with E-state index in [0.717, 1.165) is 35.7 Å². The molecular formula is C23H36O4S. The molecule has 158 valence electrons. The van der Waals surface area contributed by atoms with E-state index in [4.69, 9.17) is 0 Å². The Kier molecular flexibility index (Phi) is 13.5. The van der Waals surface area contributed by atoms with Gasteiger partial charge in [-0.05, 0) is 24.0 Å². The number of rotatable bonds is 16. The lowest BCUT2D eigenvalue weighted by Gasteiger charge is -2.16. The molecular weight excluding hydrogens is 372 g/mol. The van der Waals surface area contributed by atoms with Crippen LogP contribution in [-0.4, -0.2) is 29.9 Å². The van der Waals surface area contributed by atoms with Crippen LogP contribution in [0.5, 0.6) is 0 Å². The minimum absolute atomic E-state index is 0.0417. The Balaban J connectivity index is 2.41. The number of hydrogen-bond acceptors (Lipinski definition) is 4. The monoisotopic (exact) mass is 408 g/mol. The normalized spacial score (nSPS) is 11.9. The van der Waals surface area contributed by atoms with Crippen molar-refractivity contribution in [2.45, 2.75) is 82.8 Å². The minimum Gasteiger partial charge on any atom is -0.480 e. The zero-order valence-corrected chi connectivity index (χ0v) is 18.3. The van der Waals surface area contributed by atoms with Crippen molar-refractivity contribution in [3.8, 4) is 0 Å². The van der Waals surface area contributed by atoms with Gasteiger partial charge in [-0.15, -0.1) is 11.8 Å². The van der Waals surface area contributed by atoms with Crippen molar-refractivity contribution in [2.75, 3.05) is 12.9 Å². The lowest BCUT2D eigenvalue weighted by atomic mass is 9.98. The molecule has 0 saturated carbocycles. The molecule has 1 rings (SSSR count). The van der Waals surface area contributed by atoms with Gasteiger partial charge in [0.25, 0.3) is 0 Å². The molecule has 0 saturated heterocycles. The number of benzene rings is 1. The maximum Gasteiger partial charge on any atom is 0.321 e. The van der Waals surface area contributed by atoms with E-state index in [9.17, 15) is 14.7 Å². The molecule has 1 N–H and O–H groups in total. The van der Waals surface area contributed by atoms with Crippen molar-refractivity contribution in [3.63, 3.8) is 0 Å². The Hall–Kier alpha value is -1.49. The number of aliphatic carboxylic acids is 1. The fourth-order valence-corrected chi connectivity index (χ4v) is 4.30. The van der Waals surface area contributed by atoms with Gasteiger partial charge in [0.05, 0.1) is 12.9 Å². The molecule has 5 heteroatoms. The molecule has 0 aliphatic carbocycles. The first kappa shape index (κ1) is 24.5. The average Bonchev–Trinajstić information content (AvgIpc) is 2.70. The van der Waals surface area contributed by atoms with Gasteiger partial charge >= 0.3 is 11.9 Å². The van der Waals surface area contributed by atoms with Crippen molar-refractivity contribution in [3.05, 3.63) is 35.4 Å². The maximum atomic E-state index is 11.7. The van der Waals surface area contributed by atoms with Crippen LogP contribution >= 0.6 is 11.8 Å². The first-order chi connectivity index (χ1) is 13.6. The fraction of sp³-hybridized carbons (Fsp3) is 0.652. The Morgan fingerprint density at radius 3 is 2.11 bits per heavy atom. The highest BCUT2D eigenvalue weighted by molar-refractivity contribution is 8.00. The first-order valence-electron chi connectivity index (χ1n) is 10.6. The number of carboxylic acids is 1. The molecule has 1 aromatic carbocycles. The molecule has 1 atom stereocenters. The Bertz CT molecular complexity index is 573. The van der Waals surface area contributed by atoms with Crippen LogP contribution in [0, 0.1) is 0 Å². The molecule has 1 aromatic rings. The molecule has 1 unspecified atom stereocenters. The number of thioether (sulfide) groups is 1. The van der Waals surface area contributed by atoms with Crippen molar-refractivity contribution < 1.29 is 19.4 Å². The molecule has 0 fully saturated rings. The quantitative estimate of drug-likeness (QED) is 0.261. The molecule has 0 aromatic heterocycles. The maximum absolute atomic E-state index is 11.7. The van der Waals surface area contributed by atoms with Crippen molar-refractivity contribution in [1.82, 2.24) is 0 Å². The summed E-state index contributed by atoms with van der Waals surface area (Å²) in [6, 6.07) is 7.71. The standard InChI is InChI=1S/C23H36O4S/c1-3-4-5-6-7-8-9-10-11-12-15-19-16-13-14-17-20(19)22(23(25)26)28-18-21(24)27-2/h13-14,16-17,22H,3-12,15,18H2,1-2H3,(H,25,26). The smallest absolute Gasteiger partial charge is 0.321 e. The Morgan fingerprint density at radius 2 is 1.54 bits per heavy atom. The topological polar surface area (TPSA) is 63.6 Å². The van der Waals surface area contributed by atoms with E-state index >= 15 is 0 Å². The number of hydrogen-bond donors (Lipinski definition) is 1. The molecule has 0 aliphatic rings. The number of aryl methyl sites for hydroxylation is 1. The summed E-state index contributed by atoms with van der Waals surface area (Å²) in [4.78, 5) is 23.1. The van der Waals surface area contributed by atoms with Crippen LogP contribution in [-0.2, 0) is 20.7 Å².